The number of fused-ring (bicyclic) bond motifs is 2. The van der Waals surface area contributed by atoms with E-state index in [1.54, 1.807) is 0 Å². The molecular formula is C25H38F6O7. The first-order chi connectivity index (χ1) is 17.1. The Morgan fingerprint density at radius 3 is 1.79 bits per heavy atom. The summed E-state index contributed by atoms with van der Waals surface area (Å²) in [5.41, 5.74) is -5.99. The number of carbonyl (C=O) groups is 3. The molecule has 0 heterocycles. The predicted molar refractivity (Wildman–Crippen MR) is 122 cm³/mol. The van der Waals surface area contributed by atoms with Gasteiger partial charge < -0.3 is 19.3 Å². The van der Waals surface area contributed by atoms with Gasteiger partial charge in [-0.05, 0) is 63.7 Å². The van der Waals surface area contributed by atoms with Gasteiger partial charge in [-0.2, -0.15) is 26.3 Å². The van der Waals surface area contributed by atoms with Gasteiger partial charge in [0.1, 0.15) is 18.8 Å². The largest absolute Gasteiger partial charge is 0.462 e. The van der Waals surface area contributed by atoms with E-state index >= 15 is 0 Å². The molecule has 0 aliphatic heterocycles. The van der Waals surface area contributed by atoms with Crippen LogP contribution in [0.5, 0.6) is 0 Å². The van der Waals surface area contributed by atoms with E-state index in [0.717, 1.165) is 12.8 Å². The molecule has 13 heteroatoms. The molecule has 1 N–H and O–H groups in total. The lowest BCUT2D eigenvalue weighted by Gasteiger charge is -2.30. The second kappa shape index (κ2) is 12.4. The molecular weight excluding hydrogens is 526 g/mol. The molecule has 0 aromatic carbocycles. The number of hydrogen-bond acceptors (Lipinski definition) is 7. The maximum absolute atomic E-state index is 12.5. The Morgan fingerprint density at radius 1 is 0.895 bits per heavy atom. The van der Waals surface area contributed by atoms with E-state index in [9.17, 15) is 40.7 Å². The Bertz CT molecular complexity index is 818. The van der Waals surface area contributed by atoms with Crippen LogP contribution in [0.25, 0.3) is 0 Å². The number of halogens is 6. The van der Waals surface area contributed by atoms with Crippen LogP contribution in [0.15, 0.2) is 0 Å². The Kier molecular flexibility index (Phi) is 11.1. The van der Waals surface area contributed by atoms with Gasteiger partial charge in [0.15, 0.2) is 0 Å². The third-order valence-electron chi connectivity index (χ3n) is 7.30. The van der Waals surface area contributed by atoms with Crippen molar-refractivity contribution in [1.82, 2.24) is 0 Å². The van der Waals surface area contributed by atoms with Crippen molar-refractivity contribution in [2.24, 2.45) is 35.5 Å². The molecule has 0 spiro atoms. The van der Waals surface area contributed by atoms with Crippen LogP contribution in [0.2, 0.25) is 0 Å². The third kappa shape index (κ3) is 7.98. The molecule has 2 bridgehead atoms. The highest BCUT2D eigenvalue weighted by Crippen LogP contribution is 2.55. The summed E-state index contributed by atoms with van der Waals surface area (Å²) in [6, 6.07) is 0. The summed E-state index contributed by atoms with van der Waals surface area (Å²) in [5.74, 6) is -2.68. The molecule has 2 aliphatic carbocycles. The van der Waals surface area contributed by atoms with Crippen LogP contribution in [-0.2, 0) is 28.6 Å². The van der Waals surface area contributed by atoms with Crippen molar-refractivity contribution in [2.75, 3.05) is 13.2 Å². The van der Waals surface area contributed by atoms with Crippen LogP contribution in [0.3, 0.4) is 0 Å². The van der Waals surface area contributed by atoms with Gasteiger partial charge in [0.05, 0.1) is 11.8 Å². The molecule has 2 saturated carbocycles. The maximum atomic E-state index is 12.5. The zero-order valence-electron chi connectivity index (χ0n) is 22.7. The van der Waals surface area contributed by atoms with Crippen LogP contribution in [0.4, 0.5) is 26.3 Å². The Labute approximate surface area is 218 Å². The van der Waals surface area contributed by atoms with Gasteiger partial charge in [-0.3, -0.25) is 9.59 Å². The van der Waals surface area contributed by atoms with Gasteiger partial charge in [-0.25, -0.2) is 4.79 Å². The summed E-state index contributed by atoms with van der Waals surface area (Å²) in [6.45, 7) is 11.9. The number of aliphatic hydroxyl groups is 1. The van der Waals surface area contributed by atoms with E-state index in [1.807, 2.05) is 41.5 Å². The summed E-state index contributed by atoms with van der Waals surface area (Å²) in [6.07, 6.45) is -10.3. The fraction of sp³-hybridized carbons (Fsp3) is 0.880. The molecule has 6 unspecified atom stereocenters. The molecule has 0 radical (unpaired) electrons. The molecule has 0 aromatic rings. The quantitative estimate of drug-likeness (QED) is 0.196. The summed E-state index contributed by atoms with van der Waals surface area (Å²) < 4.78 is 88.8. The average Bonchev–Trinajstić information content (AvgIpc) is 3.32. The molecule has 0 saturated heterocycles. The van der Waals surface area contributed by atoms with E-state index in [0.29, 0.717) is 24.2 Å². The lowest BCUT2D eigenvalue weighted by Crippen LogP contribution is -2.63. The van der Waals surface area contributed by atoms with Gasteiger partial charge in [0.2, 0.25) is 0 Å². The minimum atomic E-state index is -6.31. The standard InChI is InChI=1S/C16H20F6O5.C9H18O2/c1-7-8(2)10-5-9(7)6-11(10)12(23)26-3-4-27-13(24)14(25,15(17,18)19)16(20,21)22;1-6-7(2)8(10)11-9(3,4)5/h7-11,25H,3-6H2,1-2H3;7H,6H2,1-5H3. The smallest absolute Gasteiger partial charge is 0.437 e. The molecule has 7 nitrogen and oxygen atoms in total. The van der Waals surface area contributed by atoms with Crippen molar-refractivity contribution < 1.29 is 60.0 Å². The topological polar surface area (TPSA) is 99.1 Å². The van der Waals surface area contributed by atoms with Crippen molar-refractivity contribution in [3.8, 4) is 0 Å². The highest BCUT2D eigenvalue weighted by molar-refractivity contribution is 5.81. The molecule has 0 aromatic heterocycles. The number of esters is 3. The Hall–Kier alpha value is -2.05. The van der Waals surface area contributed by atoms with Crippen LogP contribution < -0.4 is 0 Å². The SMILES string of the molecule is CC1C2CC(C(=O)OCCOC(=O)C(O)(C(F)(F)F)C(F)(F)F)C(C2)C1C.CCC(C)C(=O)OC(C)(C)C. The molecule has 2 aliphatic rings. The highest BCUT2D eigenvalue weighted by Gasteiger charge is 2.76. The van der Waals surface area contributed by atoms with Crippen LogP contribution in [0.1, 0.15) is 67.7 Å². The summed E-state index contributed by atoms with van der Waals surface area (Å²) in [4.78, 5) is 34.4. The van der Waals surface area contributed by atoms with Crippen molar-refractivity contribution in [2.45, 2.75) is 91.3 Å². The van der Waals surface area contributed by atoms with Crippen molar-refractivity contribution in [3.05, 3.63) is 0 Å². The lowest BCUT2D eigenvalue weighted by atomic mass is 9.76. The van der Waals surface area contributed by atoms with E-state index in [1.165, 1.54) is 0 Å². The third-order valence-corrected chi connectivity index (χ3v) is 7.30. The second-order valence-electron chi connectivity index (χ2n) is 11.1. The molecule has 0 amide bonds. The van der Waals surface area contributed by atoms with E-state index < -0.39 is 43.1 Å². The molecule has 2 rings (SSSR count). The average molecular weight is 565 g/mol. The number of rotatable bonds is 7. The Morgan fingerprint density at radius 2 is 1.39 bits per heavy atom. The Balaban J connectivity index is 0.000000554. The van der Waals surface area contributed by atoms with Crippen molar-refractivity contribution in [1.29, 1.82) is 0 Å². The first-order valence-electron chi connectivity index (χ1n) is 12.5. The molecule has 222 valence electrons. The van der Waals surface area contributed by atoms with E-state index in [2.05, 4.69) is 11.7 Å². The van der Waals surface area contributed by atoms with Crippen molar-refractivity contribution in [3.63, 3.8) is 0 Å². The minimum absolute atomic E-state index is 0.0224. The number of ether oxygens (including phenoxy) is 3. The second-order valence-corrected chi connectivity index (χ2v) is 11.1. The van der Waals surface area contributed by atoms with E-state index in [-0.39, 0.29) is 29.3 Å². The van der Waals surface area contributed by atoms with Gasteiger partial charge in [0.25, 0.3) is 0 Å². The summed E-state index contributed by atoms with van der Waals surface area (Å²) in [5, 5.41) is 8.83. The summed E-state index contributed by atoms with van der Waals surface area (Å²) in [7, 11) is 0. The first-order valence-corrected chi connectivity index (χ1v) is 12.5. The van der Waals surface area contributed by atoms with Crippen LogP contribution in [-0.4, -0.2) is 59.8 Å². The number of hydrogen-bond donors (Lipinski definition) is 1. The van der Waals surface area contributed by atoms with Gasteiger partial charge in [0, 0.05) is 0 Å². The first kappa shape index (κ1) is 34.0. The lowest BCUT2D eigenvalue weighted by molar-refractivity contribution is -0.357. The van der Waals surface area contributed by atoms with Crippen molar-refractivity contribution >= 4 is 17.9 Å². The van der Waals surface area contributed by atoms with Gasteiger partial charge >= 0.3 is 35.9 Å². The minimum Gasteiger partial charge on any atom is -0.462 e. The maximum Gasteiger partial charge on any atom is 0.437 e. The number of alkyl halides is 6. The normalized spacial score (nSPS) is 26.2. The van der Waals surface area contributed by atoms with Crippen LogP contribution in [0, 0.1) is 35.5 Å². The zero-order chi connectivity index (χ0) is 29.9. The zero-order valence-corrected chi connectivity index (χ0v) is 22.7. The monoisotopic (exact) mass is 564 g/mol. The van der Waals surface area contributed by atoms with Gasteiger partial charge in [-0.1, -0.05) is 27.7 Å². The van der Waals surface area contributed by atoms with E-state index in [4.69, 9.17) is 14.6 Å². The van der Waals surface area contributed by atoms with Crippen LogP contribution >= 0.6 is 0 Å². The molecule has 2 fully saturated rings. The summed E-state index contributed by atoms with van der Waals surface area (Å²) >= 11 is 0. The van der Waals surface area contributed by atoms with Gasteiger partial charge in [-0.15, -0.1) is 0 Å². The highest BCUT2D eigenvalue weighted by atomic mass is 19.4. The predicted octanol–water partition coefficient (Wildman–Crippen LogP) is 5.23. The fourth-order valence-corrected chi connectivity index (χ4v) is 4.66. The fourth-order valence-electron chi connectivity index (χ4n) is 4.66. The molecule has 6 atom stereocenters. The molecule has 38 heavy (non-hydrogen) atoms. The number of carbonyl (C=O) groups excluding carboxylic acids is 3.